The smallest absolute Gasteiger partial charge is 0.0991 e. The highest BCUT2D eigenvalue weighted by atomic mass is 16.2. The molecule has 0 bridgehead atoms. The number of benzene rings is 3. The van der Waals surface area contributed by atoms with E-state index in [1.807, 2.05) is 30.3 Å². The Morgan fingerprint density at radius 2 is 1.62 bits per heavy atom. The van der Waals surface area contributed by atoms with Crippen molar-refractivity contribution in [2.24, 2.45) is 0 Å². The molecule has 0 saturated heterocycles. The van der Waals surface area contributed by atoms with Gasteiger partial charge in [-0.2, -0.15) is 5.26 Å². The van der Waals surface area contributed by atoms with Gasteiger partial charge in [0.05, 0.1) is 11.6 Å². The van der Waals surface area contributed by atoms with Crippen molar-refractivity contribution >= 4 is 10.8 Å². The zero-order valence-corrected chi connectivity index (χ0v) is 11.6. The van der Waals surface area contributed by atoms with Crippen molar-refractivity contribution < 1.29 is 5.11 Å². The van der Waals surface area contributed by atoms with Crippen LogP contribution in [0.25, 0.3) is 21.9 Å². The summed E-state index contributed by atoms with van der Waals surface area (Å²) in [5, 5.41) is 20.3. The van der Waals surface area contributed by atoms with Crippen LogP contribution in [0, 0.1) is 11.3 Å². The maximum absolute atomic E-state index is 9.01. The highest BCUT2D eigenvalue weighted by Gasteiger charge is 2.02. The lowest BCUT2D eigenvalue weighted by atomic mass is 9.98. The minimum atomic E-state index is 0.171. The second-order valence-corrected chi connectivity index (χ2v) is 5.06. The molecule has 0 aliphatic rings. The molecule has 1 N–H and O–H groups in total. The maximum atomic E-state index is 9.01. The molecule has 0 radical (unpaired) electrons. The van der Waals surface area contributed by atoms with Gasteiger partial charge in [-0.05, 0) is 52.1 Å². The van der Waals surface area contributed by atoms with Crippen LogP contribution in [0.3, 0.4) is 0 Å². The van der Waals surface area contributed by atoms with Gasteiger partial charge in [-0.1, -0.05) is 42.5 Å². The summed E-state index contributed by atoms with van der Waals surface area (Å²) in [4.78, 5) is 0. The lowest BCUT2D eigenvalue weighted by molar-refractivity contribution is 0.299. The molecule has 2 heteroatoms. The van der Waals surface area contributed by atoms with Crippen molar-refractivity contribution in [1.29, 1.82) is 5.26 Å². The average Bonchev–Trinajstić information content (AvgIpc) is 2.55. The molecule has 0 aliphatic heterocycles. The fraction of sp³-hybridized carbons (Fsp3) is 0.105. The predicted molar refractivity (Wildman–Crippen MR) is 84.9 cm³/mol. The molecule has 0 saturated carbocycles. The van der Waals surface area contributed by atoms with E-state index in [1.54, 1.807) is 0 Å². The molecule has 0 amide bonds. The average molecular weight is 273 g/mol. The van der Waals surface area contributed by atoms with Crippen molar-refractivity contribution in [3.05, 3.63) is 71.8 Å². The summed E-state index contributed by atoms with van der Waals surface area (Å²) in [5.74, 6) is 0. The van der Waals surface area contributed by atoms with Crippen LogP contribution in [0.4, 0.5) is 0 Å². The quantitative estimate of drug-likeness (QED) is 0.786. The lowest BCUT2D eigenvalue weighted by Gasteiger charge is -2.06. The van der Waals surface area contributed by atoms with Gasteiger partial charge < -0.3 is 5.11 Å². The lowest BCUT2D eigenvalue weighted by Crippen LogP contribution is -1.90. The van der Waals surface area contributed by atoms with Crippen molar-refractivity contribution in [1.82, 2.24) is 0 Å². The third kappa shape index (κ3) is 2.79. The number of aliphatic hydroxyl groups is 1. The minimum Gasteiger partial charge on any atom is -0.396 e. The first-order valence-electron chi connectivity index (χ1n) is 6.94. The second kappa shape index (κ2) is 5.78. The molecule has 0 unspecified atom stereocenters. The molecule has 3 aromatic rings. The molecule has 102 valence electrons. The molecule has 21 heavy (non-hydrogen) atoms. The van der Waals surface area contributed by atoms with Gasteiger partial charge in [-0.25, -0.2) is 0 Å². The molecule has 0 aromatic heterocycles. The summed E-state index contributed by atoms with van der Waals surface area (Å²) in [5.41, 5.74) is 3.97. The van der Waals surface area contributed by atoms with Gasteiger partial charge in [-0.15, -0.1) is 0 Å². The Morgan fingerprint density at radius 1 is 0.857 bits per heavy atom. The maximum Gasteiger partial charge on any atom is 0.0991 e. The molecule has 0 heterocycles. The van der Waals surface area contributed by atoms with Crippen molar-refractivity contribution in [3.63, 3.8) is 0 Å². The van der Waals surface area contributed by atoms with Crippen LogP contribution in [0.2, 0.25) is 0 Å². The predicted octanol–water partition coefficient (Wildman–Crippen LogP) is 3.91. The fourth-order valence-corrected chi connectivity index (χ4v) is 2.53. The summed E-state index contributed by atoms with van der Waals surface area (Å²) in [6.07, 6.45) is 0.682. The van der Waals surface area contributed by atoms with E-state index >= 15 is 0 Å². The van der Waals surface area contributed by atoms with E-state index in [2.05, 4.69) is 36.4 Å². The zero-order valence-electron chi connectivity index (χ0n) is 11.6. The third-order valence-corrected chi connectivity index (χ3v) is 3.63. The van der Waals surface area contributed by atoms with Crippen LogP contribution in [0.1, 0.15) is 11.1 Å². The van der Waals surface area contributed by atoms with E-state index in [0.717, 1.165) is 22.1 Å². The largest absolute Gasteiger partial charge is 0.396 e. The Bertz CT molecular complexity index is 830. The van der Waals surface area contributed by atoms with Gasteiger partial charge in [-0.3, -0.25) is 0 Å². The normalized spacial score (nSPS) is 10.5. The highest BCUT2D eigenvalue weighted by Crippen LogP contribution is 2.26. The summed E-state index contributed by atoms with van der Waals surface area (Å²) in [6.45, 7) is 0.171. The van der Waals surface area contributed by atoms with Crippen LogP contribution in [-0.2, 0) is 6.42 Å². The van der Waals surface area contributed by atoms with E-state index in [-0.39, 0.29) is 6.61 Å². The van der Waals surface area contributed by atoms with Crippen molar-refractivity contribution in [3.8, 4) is 17.2 Å². The van der Waals surface area contributed by atoms with Gasteiger partial charge in [0.2, 0.25) is 0 Å². The first kappa shape index (κ1) is 13.4. The molecular formula is C19H15NO. The van der Waals surface area contributed by atoms with Crippen LogP contribution < -0.4 is 0 Å². The summed E-state index contributed by atoms with van der Waals surface area (Å²) >= 11 is 0. The van der Waals surface area contributed by atoms with Gasteiger partial charge in [0.1, 0.15) is 0 Å². The Morgan fingerprint density at radius 3 is 2.43 bits per heavy atom. The second-order valence-electron chi connectivity index (χ2n) is 5.06. The standard InChI is InChI=1S/C19H15NO/c20-13-15-2-1-3-16(11-15)19-7-6-17-10-14(8-9-21)4-5-18(17)12-19/h1-7,10-12,21H,8-9H2. The molecule has 0 spiro atoms. The topological polar surface area (TPSA) is 44.0 Å². The van der Waals surface area contributed by atoms with E-state index in [9.17, 15) is 0 Å². The van der Waals surface area contributed by atoms with E-state index in [1.165, 1.54) is 5.39 Å². The minimum absolute atomic E-state index is 0.171. The molecular weight excluding hydrogens is 258 g/mol. The first-order valence-corrected chi connectivity index (χ1v) is 6.94. The molecule has 0 fully saturated rings. The monoisotopic (exact) mass is 273 g/mol. The van der Waals surface area contributed by atoms with Crippen molar-refractivity contribution in [2.75, 3.05) is 6.61 Å². The van der Waals surface area contributed by atoms with Crippen LogP contribution >= 0.6 is 0 Å². The number of hydrogen-bond acceptors (Lipinski definition) is 2. The first-order chi connectivity index (χ1) is 10.3. The highest BCUT2D eigenvalue weighted by molar-refractivity contribution is 5.88. The summed E-state index contributed by atoms with van der Waals surface area (Å²) < 4.78 is 0. The van der Waals surface area contributed by atoms with Crippen LogP contribution in [0.15, 0.2) is 60.7 Å². The Balaban J connectivity index is 2.05. The Kier molecular flexibility index (Phi) is 3.68. The van der Waals surface area contributed by atoms with Crippen LogP contribution in [0.5, 0.6) is 0 Å². The summed E-state index contributed by atoms with van der Waals surface area (Å²) in [7, 11) is 0. The Labute approximate surface area is 123 Å². The van der Waals surface area contributed by atoms with Gasteiger partial charge in [0.15, 0.2) is 0 Å². The van der Waals surface area contributed by atoms with Gasteiger partial charge in [0, 0.05) is 6.61 Å². The van der Waals surface area contributed by atoms with Gasteiger partial charge >= 0.3 is 0 Å². The number of hydrogen-bond donors (Lipinski definition) is 1. The zero-order chi connectivity index (χ0) is 14.7. The number of fused-ring (bicyclic) bond motifs is 1. The van der Waals surface area contributed by atoms with Crippen LogP contribution in [-0.4, -0.2) is 11.7 Å². The number of nitrogens with zero attached hydrogens (tertiary/aromatic N) is 1. The van der Waals surface area contributed by atoms with E-state index in [0.29, 0.717) is 12.0 Å². The summed E-state index contributed by atoms with van der Waals surface area (Å²) in [6, 6.07) is 22.3. The number of aliphatic hydroxyl groups excluding tert-OH is 1. The molecule has 0 aliphatic carbocycles. The van der Waals surface area contributed by atoms with Gasteiger partial charge in [0.25, 0.3) is 0 Å². The molecule has 2 nitrogen and oxygen atoms in total. The molecule has 0 atom stereocenters. The Hall–Kier alpha value is -2.63. The SMILES string of the molecule is N#Cc1cccc(-c2ccc3cc(CCO)ccc3c2)c1. The van der Waals surface area contributed by atoms with Crippen molar-refractivity contribution in [2.45, 2.75) is 6.42 Å². The van der Waals surface area contributed by atoms with E-state index in [4.69, 9.17) is 10.4 Å². The molecule has 3 aromatic carbocycles. The fourth-order valence-electron chi connectivity index (χ4n) is 2.53. The van der Waals surface area contributed by atoms with E-state index < -0.39 is 0 Å². The molecule has 3 rings (SSSR count). The number of rotatable bonds is 3. The number of nitriles is 1. The third-order valence-electron chi connectivity index (χ3n) is 3.63.